The van der Waals surface area contributed by atoms with Crippen LogP contribution in [-0.2, 0) is 4.79 Å². The highest BCUT2D eigenvalue weighted by molar-refractivity contribution is 5.96. The Kier molecular flexibility index (Phi) is 4.43. The normalized spacial score (nSPS) is 16.3. The van der Waals surface area contributed by atoms with Crippen LogP contribution in [0.2, 0.25) is 0 Å². The van der Waals surface area contributed by atoms with E-state index in [1.165, 1.54) is 0 Å². The Morgan fingerprint density at radius 3 is 2.74 bits per heavy atom. The molecule has 1 heterocycles. The van der Waals surface area contributed by atoms with Gasteiger partial charge in [-0.05, 0) is 51.4 Å². The molecular formula is C15H22N2O2. The van der Waals surface area contributed by atoms with E-state index in [0.717, 1.165) is 37.2 Å². The smallest absolute Gasteiger partial charge is 0.230 e. The van der Waals surface area contributed by atoms with Crippen LogP contribution in [0.4, 0.5) is 5.69 Å². The molecule has 0 radical (unpaired) electrons. The van der Waals surface area contributed by atoms with Crippen molar-refractivity contribution in [3.63, 3.8) is 0 Å². The predicted octanol–water partition coefficient (Wildman–Crippen LogP) is 2.05. The third-order valence-electron chi connectivity index (χ3n) is 3.75. The summed E-state index contributed by atoms with van der Waals surface area (Å²) in [6, 6.07) is 5.18. The summed E-state index contributed by atoms with van der Waals surface area (Å²) >= 11 is 0. The molecular weight excluding hydrogens is 240 g/mol. The first kappa shape index (κ1) is 13.9. The fraction of sp³-hybridized carbons (Fsp3) is 0.533. The predicted molar refractivity (Wildman–Crippen MR) is 76.5 cm³/mol. The van der Waals surface area contributed by atoms with Crippen molar-refractivity contribution >= 4 is 11.6 Å². The molecule has 0 unspecified atom stereocenters. The van der Waals surface area contributed by atoms with Gasteiger partial charge < -0.3 is 15.3 Å². The summed E-state index contributed by atoms with van der Waals surface area (Å²) in [6.45, 7) is 6.39. The zero-order valence-electron chi connectivity index (χ0n) is 11.6. The fourth-order valence-corrected chi connectivity index (χ4v) is 2.62. The number of amides is 1. The van der Waals surface area contributed by atoms with E-state index in [-0.39, 0.29) is 17.6 Å². The van der Waals surface area contributed by atoms with Gasteiger partial charge in [0.25, 0.3) is 0 Å². The van der Waals surface area contributed by atoms with Gasteiger partial charge >= 0.3 is 0 Å². The van der Waals surface area contributed by atoms with Crippen LogP contribution in [0.1, 0.15) is 25.3 Å². The molecule has 1 aliphatic heterocycles. The summed E-state index contributed by atoms with van der Waals surface area (Å²) in [6.07, 6.45) is 1.79. The SMILES string of the molecule is CCN(C(=O)C1CCNCC1)c1cc(O)ccc1C. The molecule has 0 bridgehead atoms. The van der Waals surface area contributed by atoms with Crippen molar-refractivity contribution in [3.05, 3.63) is 23.8 Å². The van der Waals surface area contributed by atoms with Crippen LogP contribution in [0, 0.1) is 12.8 Å². The average molecular weight is 262 g/mol. The zero-order valence-corrected chi connectivity index (χ0v) is 11.6. The van der Waals surface area contributed by atoms with E-state index in [1.54, 1.807) is 17.0 Å². The lowest BCUT2D eigenvalue weighted by atomic mass is 9.96. The van der Waals surface area contributed by atoms with Crippen LogP contribution < -0.4 is 10.2 Å². The number of rotatable bonds is 3. The van der Waals surface area contributed by atoms with E-state index in [0.29, 0.717) is 6.54 Å². The number of carbonyl (C=O) groups is 1. The van der Waals surface area contributed by atoms with E-state index in [4.69, 9.17) is 0 Å². The van der Waals surface area contributed by atoms with Gasteiger partial charge in [0.1, 0.15) is 5.75 Å². The Bertz CT molecular complexity index is 453. The van der Waals surface area contributed by atoms with Gasteiger partial charge in [-0.25, -0.2) is 0 Å². The van der Waals surface area contributed by atoms with E-state index in [9.17, 15) is 9.90 Å². The first-order valence-corrected chi connectivity index (χ1v) is 6.95. The van der Waals surface area contributed by atoms with Gasteiger partial charge in [-0.2, -0.15) is 0 Å². The van der Waals surface area contributed by atoms with Crippen molar-refractivity contribution < 1.29 is 9.90 Å². The molecule has 19 heavy (non-hydrogen) atoms. The van der Waals surface area contributed by atoms with Crippen LogP contribution >= 0.6 is 0 Å². The number of benzene rings is 1. The van der Waals surface area contributed by atoms with Crippen molar-refractivity contribution in [1.29, 1.82) is 0 Å². The Morgan fingerprint density at radius 1 is 1.42 bits per heavy atom. The standard InChI is InChI=1S/C15H22N2O2/c1-3-17(14-10-13(18)5-4-11(14)2)15(19)12-6-8-16-9-7-12/h4-5,10,12,16,18H,3,6-9H2,1-2H3. The number of anilines is 1. The average Bonchev–Trinajstić information content (AvgIpc) is 2.44. The highest BCUT2D eigenvalue weighted by Crippen LogP contribution is 2.27. The maximum Gasteiger partial charge on any atom is 0.230 e. The summed E-state index contributed by atoms with van der Waals surface area (Å²) in [7, 11) is 0. The number of aryl methyl sites for hydroxylation is 1. The molecule has 0 spiro atoms. The van der Waals surface area contributed by atoms with Crippen molar-refractivity contribution in [2.75, 3.05) is 24.5 Å². The number of hydrogen-bond acceptors (Lipinski definition) is 3. The summed E-state index contributed by atoms with van der Waals surface area (Å²) in [5.74, 6) is 0.484. The molecule has 4 nitrogen and oxygen atoms in total. The Hall–Kier alpha value is -1.55. The van der Waals surface area contributed by atoms with Crippen molar-refractivity contribution in [3.8, 4) is 5.75 Å². The number of nitrogens with zero attached hydrogens (tertiary/aromatic N) is 1. The molecule has 1 aromatic rings. The molecule has 1 aliphatic rings. The Labute approximate surface area is 114 Å². The number of hydrogen-bond donors (Lipinski definition) is 2. The maximum absolute atomic E-state index is 12.6. The largest absolute Gasteiger partial charge is 0.508 e. The topological polar surface area (TPSA) is 52.6 Å². The highest BCUT2D eigenvalue weighted by atomic mass is 16.3. The van der Waals surface area contributed by atoms with Crippen LogP contribution in [0.15, 0.2) is 18.2 Å². The number of phenolic OH excluding ortho intramolecular Hbond substituents is 1. The van der Waals surface area contributed by atoms with E-state index < -0.39 is 0 Å². The third kappa shape index (κ3) is 3.07. The minimum atomic E-state index is 0.1000. The van der Waals surface area contributed by atoms with Crippen LogP contribution in [0.5, 0.6) is 5.75 Å². The molecule has 4 heteroatoms. The Morgan fingerprint density at radius 2 is 2.11 bits per heavy atom. The van der Waals surface area contributed by atoms with Gasteiger partial charge in [0.05, 0.1) is 5.69 Å². The van der Waals surface area contributed by atoms with E-state index >= 15 is 0 Å². The lowest BCUT2D eigenvalue weighted by Gasteiger charge is -2.30. The summed E-state index contributed by atoms with van der Waals surface area (Å²) in [5, 5.41) is 12.9. The molecule has 1 aromatic carbocycles. The summed E-state index contributed by atoms with van der Waals surface area (Å²) in [4.78, 5) is 14.4. The third-order valence-corrected chi connectivity index (χ3v) is 3.75. The van der Waals surface area contributed by atoms with E-state index in [1.807, 2.05) is 19.9 Å². The second-order valence-corrected chi connectivity index (χ2v) is 5.08. The highest BCUT2D eigenvalue weighted by Gasteiger charge is 2.26. The van der Waals surface area contributed by atoms with Gasteiger partial charge in [-0.15, -0.1) is 0 Å². The molecule has 0 aliphatic carbocycles. The van der Waals surface area contributed by atoms with Gasteiger partial charge in [0, 0.05) is 18.5 Å². The maximum atomic E-state index is 12.6. The van der Waals surface area contributed by atoms with Gasteiger partial charge in [0.2, 0.25) is 5.91 Å². The zero-order chi connectivity index (χ0) is 13.8. The van der Waals surface area contributed by atoms with Crippen LogP contribution in [0.25, 0.3) is 0 Å². The summed E-state index contributed by atoms with van der Waals surface area (Å²) in [5.41, 5.74) is 1.84. The second kappa shape index (κ2) is 6.06. The second-order valence-electron chi connectivity index (χ2n) is 5.08. The summed E-state index contributed by atoms with van der Waals surface area (Å²) < 4.78 is 0. The molecule has 0 atom stereocenters. The molecule has 0 saturated carbocycles. The van der Waals surface area contributed by atoms with Crippen molar-refractivity contribution in [2.24, 2.45) is 5.92 Å². The number of aromatic hydroxyl groups is 1. The van der Waals surface area contributed by atoms with Crippen LogP contribution in [0.3, 0.4) is 0 Å². The monoisotopic (exact) mass is 262 g/mol. The molecule has 2 rings (SSSR count). The minimum absolute atomic E-state index is 0.1000. The lowest BCUT2D eigenvalue weighted by molar-refractivity contribution is -0.123. The number of phenols is 1. The lowest BCUT2D eigenvalue weighted by Crippen LogP contribution is -2.41. The number of piperidine rings is 1. The van der Waals surface area contributed by atoms with Crippen LogP contribution in [-0.4, -0.2) is 30.6 Å². The fourth-order valence-electron chi connectivity index (χ4n) is 2.62. The number of carbonyl (C=O) groups excluding carboxylic acids is 1. The quantitative estimate of drug-likeness (QED) is 0.876. The van der Waals surface area contributed by atoms with Gasteiger partial charge in [-0.1, -0.05) is 6.07 Å². The van der Waals surface area contributed by atoms with Crippen molar-refractivity contribution in [1.82, 2.24) is 5.32 Å². The molecule has 1 amide bonds. The molecule has 0 aromatic heterocycles. The van der Waals surface area contributed by atoms with Crippen molar-refractivity contribution in [2.45, 2.75) is 26.7 Å². The molecule has 2 N–H and O–H groups in total. The molecule has 104 valence electrons. The van der Waals surface area contributed by atoms with Gasteiger partial charge in [-0.3, -0.25) is 4.79 Å². The first-order chi connectivity index (χ1) is 9.13. The molecule has 1 saturated heterocycles. The van der Waals surface area contributed by atoms with Gasteiger partial charge in [0.15, 0.2) is 0 Å². The van der Waals surface area contributed by atoms with E-state index in [2.05, 4.69) is 5.32 Å². The minimum Gasteiger partial charge on any atom is -0.508 e. The molecule has 1 fully saturated rings. The first-order valence-electron chi connectivity index (χ1n) is 6.95. The number of nitrogens with one attached hydrogen (secondary N) is 1. The Balaban J connectivity index is 2.23.